The topological polar surface area (TPSA) is 3.24 Å². The molecule has 0 N–H and O–H groups in total. The Balaban J connectivity index is 0.979. The Morgan fingerprint density at radius 3 is 2.03 bits per heavy atom. The predicted molar refractivity (Wildman–Crippen MR) is 252 cm³/mol. The van der Waals surface area contributed by atoms with Gasteiger partial charge in [0.2, 0.25) is 0 Å². The summed E-state index contributed by atoms with van der Waals surface area (Å²) in [4.78, 5) is 3.72. The van der Waals surface area contributed by atoms with Crippen molar-refractivity contribution in [2.24, 2.45) is 0 Å². The van der Waals surface area contributed by atoms with Gasteiger partial charge in [-0.15, -0.1) is 29.5 Å². The minimum Gasteiger partial charge on any atom is -0.311 e. The van der Waals surface area contributed by atoms with E-state index in [0.29, 0.717) is 11.2 Å². The highest BCUT2D eigenvalue weighted by Crippen LogP contribution is 2.56. The summed E-state index contributed by atoms with van der Waals surface area (Å²) in [6.07, 6.45) is 18.4. The maximum absolute atomic E-state index is 5.53. The van der Waals surface area contributed by atoms with E-state index in [-0.39, 0.29) is 0 Å². The molecular weight excluding hydrogens is 739 g/mol. The Labute approximate surface area is 349 Å². The minimum absolute atomic E-state index is 0.324. The van der Waals surface area contributed by atoms with E-state index in [1.165, 1.54) is 64.0 Å². The largest absolute Gasteiger partial charge is 0.311 e. The summed E-state index contributed by atoms with van der Waals surface area (Å²) in [5.41, 5.74) is 14.5. The third-order valence-electron chi connectivity index (χ3n) is 11.4. The SMILES string of the molecule is C#C/C=C\C(=C/C)c1ccc(N(c2ccc(-c3ccccc3)cc2)c2ccc(-c3cccc4c3SC3C(c5ccc6sc7ccccc7c6c5)=CC=CC43)cc2)cc1. The van der Waals surface area contributed by atoms with E-state index in [0.717, 1.165) is 28.2 Å². The number of hydrogen-bond acceptors (Lipinski definition) is 3. The molecule has 0 amide bonds. The Hall–Kier alpha value is -6.57. The first kappa shape index (κ1) is 35.8. The molecule has 0 radical (unpaired) electrons. The summed E-state index contributed by atoms with van der Waals surface area (Å²) >= 11 is 3.90. The van der Waals surface area contributed by atoms with Crippen molar-refractivity contribution in [3.05, 3.63) is 217 Å². The Kier molecular flexibility index (Phi) is 9.51. The summed E-state index contributed by atoms with van der Waals surface area (Å²) in [6, 6.07) is 60.0. The van der Waals surface area contributed by atoms with Crippen LogP contribution >= 0.6 is 23.1 Å². The zero-order valence-electron chi connectivity index (χ0n) is 32.0. The molecule has 2 atom stereocenters. The molecule has 7 aromatic carbocycles. The van der Waals surface area contributed by atoms with Crippen molar-refractivity contribution in [2.75, 3.05) is 4.90 Å². The van der Waals surface area contributed by atoms with Crippen LogP contribution in [0.3, 0.4) is 0 Å². The van der Waals surface area contributed by atoms with Crippen molar-refractivity contribution in [2.45, 2.75) is 23.0 Å². The van der Waals surface area contributed by atoms with Crippen LogP contribution in [0.4, 0.5) is 17.1 Å². The molecular formula is C55H39NS2. The number of hydrogen-bond donors (Lipinski definition) is 0. The second-order valence-electron chi connectivity index (χ2n) is 14.7. The number of rotatable bonds is 8. The van der Waals surface area contributed by atoms with E-state index in [1.807, 2.05) is 36.1 Å². The lowest BCUT2D eigenvalue weighted by molar-refractivity contribution is 0.894. The lowest BCUT2D eigenvalue weighted by Crippen LogP contribution is -2.13. The van der Waals surface area contributed by atoms with Gasteiger partial charge in [-0.3, -0.25) is 0 Å². The van der Waals surface area contributed by atoms with Crippen molar-refractivity contribution in [1.29, 1.82) is 0 Å². The first-order valence-corrected chi connectivity index (χ1v) is 21.4. The molecule has 0 fully saturated rings. The summed E-state index contributed by atoms with van der Waals surface area (Å²) < 4.78 is 2.69. The third kappa shape index (κ3) is 6.51. The number of anilines is 3. The fourth-order valence-electron chi connectivity index (χ4n) is 8.51. The first-order valence-electron chi connectivity index (χ1n) is 19.7. The second-order valence-corrected chi connectivity index (χ2v) is 16.9. The van der Waals surface area contributed by atoms with Gasteiger partial charge in [-0.1, -0.05) is 139 Å². The van der Waals surface area contributed by atoms with Crippen molar-refractivity contribution in [1.82, 2.24) is 0 Å². The fourth-order valence-corrected chi connectivity index (χ4v) is 11.2. The van der Waals surface area contributed by atoms with Crippen LogP contribution in [0.1, 0.15) is 29.5 Å². The van der Waals surface area contributed by atoms with Crippen LogP contribution in [-0.2, 0) is 0 Å². The van der Waals surface area contributed by atoms with Crippen molar-refractivity contribution >= 4 is 71.5 Å². The van der Waals surface area contributed by atoms with E-state index in [1.54, 1.807) is 6.08 Å². The zero-order valence-corrected chi connectivity index (χ0v) is 33.7. The molecule has 8 aromatic rings. The van der Waals surface area contributed by atoms with Crippen LogP contribution in [0.2, 0.25) is 0 Å². The van der Waals surface area contributed by atoms with Gasteiger partial charge in [-0.05, 0) is 124 Å². The standard InChI is InChI=1S/C55H39NS2/c1-3-5-13-37(4-2)39-22-29-43(30-23-39)56(44-31-24-40(25-32-44)38-14-7-6-8-15-38)45-33-26-41(27-34-45)46-17-11-19-49-50-20-12-18-47(55(50)58-54(46)49)42-28-35-53-51(36-42)48-16-9-10-21-52(48)57-53/h1,4-36,50,55H,2H3/b13-5-,37-4+. The minimum atomic E-state index is 0.324. The van der Waals surface area contributed by atoms with Gasteiger partial charge < -0.3 is 4.90 Å². The molecule has 1 aliphatic carbocycles. The molecule has 0 saturated heterocycles. The monoisotopic (exact) mass is 777 g/mol. The molecule has 2 heterocycles. The lowest BCUT2D eigenvalue weighted by Gasteiger charge is -2.26. The van der Waals surface area contributed by atoms with Gasteiger partial charge >= 0.3 is 0 Å². The molecule has 10 rings (SSSR count). The van der Waals surface area contributed by atoms with Crippen molar-refractivity contribution < 1.29 is 0 Å². The summed E-state index contributed by atoms with van der Waals surface area (Å²) in [6.45, 7) is 2.04. The molecule has 2 unspecified atom stereocenters. The second kappa shape index (κ2) is 15.4. The molecule has 0 bridgehead atoms. The summed E-state index contributed by atoms with van der Waals surface area (Å²) in [5, 5.41) is 3.02. The van der Waals surface area contributed by atoms with E-state index < -0.39 is 0 Å². The highest BCUT2D eigenvalue weighted by Gasteiger charge is 2.37. The van der Waals surface area contributed by atoms with Crippen LogP contribution in [0.5, 0.6) is 0 Å². The van der Waals surface area contributed by atoms with Gasteiger partial charge in [0.25, 0.3) is 0 Å². The number of terminal acetylenes is 1. The third-order valence-corrected chi connectivity index (χ3v) is 14.0. The number of fused-ring (bicyclic) bond motifs is 6. The highest BCUT2D eigenvalue weighted by molar-refractivity contribution is 8.01. The smallest absolute Gasteiger partial charge is 0.0462 e. The van der Waals surface area contributed by atoms with Crippen molar-refractivity contribution in [3.8, 4) is 34.6 Å². The molecule has 2 aliphatic rings. The predicted octanol–water partition coefficient (Wildman–Crippen LogP) is 15.7. The summed E-state index contributed by atoms with van der Waals surface area (Å²) in [5.74, 6) is 2.95. The van der Waals surface area contributed by atoms with Crippen LogP contribution in [0.15, 0.2) is 205 Å². The van der Waals surface area contributed by atoms with Gasteiger partial charge in [-0.2, -0.15) is 0 Å². The van der Waals surface area contributed by atoms with E-state index in [2.05, 4.69) is 199 Å². The first-order chi connectivity index (χ1) is 28.7. The quantitative estimate of drug-likeness (QED) is 0.112. The number of thioether (sulfide) groups is 1. The molecule has 1 aromatic heterocycles. The van der Waals surface area contributed by atoms with Crippen LogP contribution in [-0.4, -0.2) is 5.25 Å². The molecule has 0 saturated carbocycles. The normalized spacial score (nSPS) is 16.0. The molecule has 276 valence electrons. The Bertz CT molecular complexity index is 2970. The van der Waals surface area contributed by atoms with Gasteiger partial charge in [0.05, 0.1) is 0 Å². The molecule has 1 aliphatic heterocycles. The van der Waals surface area contributed by atoms with Crippen LogP contribution in [0, 0.1) is 12.3 Å². The fraction of sp³-hybridized carbons (Fsp3) is 0.0545. The number of allylic oxidation sites excluding steroid dienone is 7. The number of nitrogens with zero attached hydrogens (tertiary/aromatic N) is 1. The van der Waals surface area contributed by atoms with Crippen LogP contribution < -0.4 is 4.90 Å². The van der Waals surface area contributed by atoms with Gasteiger partial charge in [-0.25, -0.2) is 0 Å². The Morgan fingerprint density at radius 2 is 1.29 bits per heavy atom. The van der Waals surface area contributed by atoms with Gasteiger partial charge in [0.15, 0.2) is 0 Å². The number of benzene rings is 7. The van der Waals surface area contributed by atoms with E-state index >= 15 is 0 Å². The average Bonchev–Trinajstić information content (AvgIpc) is 3.86. The Morgan fingerprint density at radius 1 is 0.638 bits per heavy atom. The van der Waals surface area contributed by atoms with Crippen LogP contribution in [0.25, 0.3) is 53.6 Å². The number of thiophene rings is 1. The van der Waals surface area contributed by atoms with Gasteiger partial charge in [0, 0.05) is 53.3 Å². The maximum Gasteiger partial charge on any atom is 0.0462 e. The van der Waals surface area contributed by atoms with E-state index in [4.69, 9.17) is 6.42 Å². The highest BCUT2D eigenvalue weighted by atomic mass is 32.2. The molecule has 0 spiro atoms. The summed E-state index contributed by atoms with van der Waals surface area (Å²) in [7, 11) is 0. The van der Waals surface area contributed by atoms with Crippen molar-refractivity contribution in [3.63, 3.8) is 0 Å². The maximum atomic E-state index is 5.53. The van der Waals surface area contributed by atoms with E-state index in [9.17, 15) is 0 Å². The average molecular weight is 778 g/mol. The molecule has 3 heteroatoms. The lowest BCUT2D eigenvalue weighted by atomic mass is 9.84. The zero-order chi connectivity index (χ0) is 39.0. The molecule has 58 heavy (non-hydrogen) atoms. The molecule has 1 nitrogen and oxygen atoms in total. The van der Waals surface area contributed by atoms with Gasteiger partial charge in [0.1, 0.15) is 0 Å².